The Morgan fingerprint density at radius 3 is 2.35 bits per heavy atom. The SMILES string of the molecule is CC(=O)N(C)S(=O)(=O)c1ccccc1[N+](=O)[O-]. The zero-order valence-electron chi connectivity index (χ0n) is 9.15. The maximum Gasteiger partial charge on any atom is 0.289 e. The molecule has 0 heterocycles. The van der Waals surface area contributed by atoms with Crippen LogP contribution in [0.3, 0.4) is 0 Å². The van der Waals surface area contributed by atoms with Crippen molar-refractivity contribution in [1.82, 2.24) is 4.31 Å². The molecule has 1 aromatic carbocycles. The Hall–Kier alpha value is -1.96. The lowest BCUT2D eigenvalue weighted by molar-refractivity contribution is -0.387. The maximum absolute atomic E-state index is 11.9. The van der Waals surface area contributed by atoms with Crippen molar-refractivity contribution in [3.8, 4) is 0 Å². The number of carbonyl (C=O) groups excluding carboxylic acids is 1. The molecule has 0 fully saturated rings. The molecule has 0 aliphatic rings. The molecule has 0 aromatic heterocycles. The quantitative estimate of drug-likeness (QED) is 0.589. The van der Waals surface area contributed by atoms with Gasteiger partial charge in [0.2, 0.25) is 5.91 Å². The number of carbonyl (C=O) groups is 1. The summed E-state index contributed by atoms with van der Waals surface area (Å²) in [6.45, 7) is 1.06. The van der Waals surface area contributed by atoms with E-state index in [1.54, 1.807) is 0 Å². The molecular formula is C9H10N2O5S. The van der Waals surface area contributed by atoms with Crippen molar-refractivity contribution in [2.75, 3.05) is 7.05 Å². The van der Waals surface area contributed by atoms with Crippen LogP contribution in [0.25, 0.3) is 0 Å². The van der Waals surface area contributed by atoms with Gasteiger partial charge in [-0.2, -0.15) is 0 Å². The minimum atomic E-state index is -4.17. The zero-order chi connectivity index (χ0) is 13.2. The molecule has 0 bridgehead atoms. The van der Waals surface area contributed by atoms with E-state index in [-0.39, 0.29) is 0 Å². The van der Waals surface area contributed by atoms with Gasteiger partial charge in [0.05, 0.1) is 4.92 Å². The van der Waals surface area contributed by atoms with Crippen molar-refractivity contribution in [1.29, 1.82) is 0 Å². The Kier molecular flexibility index (Phi) is 3.47. The predicted molar refractivity (Wildman–Crippen MR) is 58.7 cm³/mol. The van der Waals surface area contributed by atoms with Crippen LogP contribution in [0.15, 0.2) is 29.2 Å². The Morgan fingerprint density at radius 2 is 1.88 bits per heavy atom. The summed E-state index contributed by atoms with van der Waals surface area (Å²) in [6.07, 6.45) is 0. The van der Waals surface area contributed by atoms with Crippen molar-refractivity contribution >= 4 is 21.6 Å². The van der Waals surface area contributed by atoms with Crippen molar-refractivity contribution in [3.05, 3.63) is 34.4 Å². The highest BCUT2D eigenvalue weighted by atomic mass is 32.2. The normalized spacial score (nSPS) is 10.9. The second-order valence-electron chi connectivity index (χ2n) is 3.22. The average molecular weight is 258 g/mol. The summed E-state index contributed by atoms with van der Waals surface area (Å²) in [5.74, 6) is -0.719. The highest BCUT2D eigenvalue weighted by molar-refractivity contribution is 7.89. The first kappa shape index (κ1) is 13.1. The van der Waals surface area contributed by atoms with Gasteiger partial charge in [0.15, 0.2) is 4.90 Å². The van der Waals surface area contributed by atoms with Gasteiger partial charge in [-0.25, -0.2) is 12.7 Å². The molecule has 0 aliphatic carbocycles. The number of para-hydroxylation sites is 1. The Morgan fingerprint density at radius 1 is 1.35 bits per heavy atom. The summed E-state index contributed by atoms with van der Waals surface area (Å²) < 4.78 is 24.3. The van der Waals surface area contributed by atoms with E-state index in [0.29, 0.717) is 4.31 Å². The molecule has 92 valence electrons. The fourth-order valence-electron chi connectivity index (χ4n) is 1.14. The van der Waals surface area contributed by atoms with Gasteiger partial charge in [-0.3, -0.25) is 14.9 Å². The second-order valence-corrected chi connectivity index (χ2v) is 5.15. The van der Waals surface area contributed by atoms with Gasteiger partial charge < -0.3 is 0 Å². The molecule has 0 aliphatic heterocycles. The van der Waals surface area contributed by atoms with Crippen molar-refractivity contribution < 1.29 is 18.1 Å². The van der Waals surface area contributed by atoms with Crippen LogP contribution < -0.4 is 0 Å². The number of hydrogen-bond donors (Lipinski definition) is 0. The number of nitrogens with zero attached hydrogens (tertiary/aromatic N) is 2. The van der Waals surface area contributed by atoms with Gasteiger partial charge in [0, 0.05) is 20.0 Å². The Labute approximate surface area is 97.9 Å². The van der Waals surface area contributed by atoms with E-state index in [9.17, 15) is 23.3 Å². The minimum absolute atomic E-state index is 0.468. The third-order valence-corrected chi connectivity index (χ3v) is 4.02. The highest BCUT2D eigenvalue weighted by Gasteiger charge is 2.30. The zero-order valence-corrected chi connectivity index (χ0v) is 9.97. The molecule has 1 rings (SSSR count). The monoisotopic (exact) mass is 258 g/mol. The molecule has 0 spiro atoms. The topological polar surface area (TPSA) is 97.6 Å². The first-order valence-corrected chi connectivity index (χ1v) is 5.95. The molecule has 0 radical (unpaired) electrons. The van der Waals surface area contributed by atoms with Crippen LogP contribution in [0.1, 0.15) is 6.92 Å². The molecule has 0 N–H and O–H groups in total. The Balaban J connectivity index is 3.44. The molecule has 0 atom stereocenters. The van der Waals surface area contributed by atoms with Crippen LogP contribution in [0.4, 0.5) is 5.69 Å². The number of benzene rings is 1. The summed E-state index contributed by atoms with van der Waals surface area (Å²) in [6, 6.07) is 4.87. The lowest BCUT2D eigenvalue weighted by Gasteiger charge is -2.15. The molecule has 1 aromatic rings. The number of nitro benzene ring substituents is 1. The number of nitro groups is 1. The highest BCUT2D eigenvalue weighted by Crippen LogP contribution is 2.25. The van der Waals surface area contributed by atoms with Crippen LogP contribution in [0.5, 0.6) is 0 Å². The van der Waals surface area contributed by atoms with Gasteiger partial charge in [-0.15, -0.1) is 0 Å². The lowest BCUT2D eigenvalue weighted by Crippen LogP contribution is -2.31. The molecular weight excluding hydrogens is 248 g/mol. The van der Waals surface area contributed by atoms with E-state index in [2.05, 4.69) is 0 Å². The lowest BCUT2D eigenvalue weighted by atomic mass is 10.3. The first-order chi connectivity index (χ1) is 7.78. The van der Waals surface area contributed by atoms with Crippen LogP contribution in [0.2, 0.25) is 0 Å². The summed E-state index contributed by atoms with van der Waals surface area (Å²) in [5, 5.41) is 10.7. The van der Waals surface area contributed by atoms with Gasteiger partial charge in [-0.1, -0.05) is 12.1 Å². The van der Waals surface area contributed by atoms with E-state index in [1.165, 1.54) is 12.1 Å². The third-order valence-electron chi connectivity index (χ3n) is 2.14. The van der Waals surface area contributed by atoms with E-state index in [4.69, 9.17) is 0 Å². The molecule has 17 heavy (non-hydrogen) atoms. The summed E-state index contributed by atoms with van der Waals surface area (Å²) in [4.78, 5) is 20.4. The smallest absolute Gasteiger partial charge is 0.274 e. The molecule has 0 saturated heterocycles. The van der Waals surface area contributed by atoms with Gasteiger partial charge in [0.1, 0.15) is 0 Å². The third kappa shape index (κ3) is 2.41. The molecule has 8 heteroatoms. The fourth-order valence-corrected chi connectivity index (χ4v) is 2.43. The van der Waals surface area contributed by atoms with E-state index >= 15 is 0 Å². The van der Waals surface area contributed by atoms with Crippen molar-refractivity contribution in [3.63, 3.8) is 0 Å². The first-order valence-electron chi connectivity index (χ1n) is 4.51. The average Bonchev–Trinajstić information content (AvgIpc) is 2.27. The van der Waals surface area contributed by atoms with Crippen LogP contribution >= 0.6 is 0 Å². The molecule has 0 saturated carbocycles. The van der Waals surface area contributed by atoms with E-state index in [0.717, 1.165) is 26.1 Å². The van der Waals surface area contributed by atoms with E-state index in [1.807, 2.05) is 0 Å². The Bertz CT molecular complexity index is 567. The fraction of sp³-hybridized carbons (Fsp3) is 0.222. The summed E-state index contributed by atoms with van der Waals surface area (Å²) in [5.41, 5.74) is -0.555. The predicted octanol–water partition coefficient (Wildman–Crippen LogP) is 0.762. The number of amides is 1. The van der Waals surface area contributed by atoms with Crippen LogP contribution in [-0.2, 0) is 14.8 Å². The molecule has 1 amide bonds. The minimum Gasteiger partial charge on any atom is -0.274 e. The van der Waals surface area contributed by atoms with Crippen LogP contribution in [-0.4, -0.2) is 30.6 Å². The maximum atomic E-state index is 11.9. The number of rotatable bonds is 3. The van der Waals surface area contributed by atoms with Crippen molar-refractivity contribution in [2.24, 2.45) is 0 Å². The van der Waals surface area contributed by atoms with E-state index < -0.39 is 31.4 Å². The summed E-state index contributed by atoms with van der Waals surface area (Å²) in [7, 11) is -3.12. The van der Waals surface area contributed by atoms with Gasteiger partial charge in [-0.05, 0) is 6.07 Å². The molecule has 7 nitrogen and oxygen atoms in total. The standard InChI is InChI=1S/C9H10N2O5S/c1-7(12)10(2)17(15,16)9-6-4-3-5-8(9)11(13)14/h3-6H,1-2H3. The van der Waals surface area contributed by atoms with Gasteiger partial charge >= 0.3 is 0 Å². The van der Waals surface area contributed by atoms with Crippen LogP contribution in [0, 0.1) is 10.1 Å². The largest absolute Gasteiger partial charge is 0.289 e. The summed E-state index contributed by atoms with van der Waals surface area (Å²) >= 11 is 0. The van der Waals surface area contributed by atoms with Gasteiger partial charge in [0.25, 0.3) is 15.7 Å². The van der Waals surface area contributed by atoms with Crippen molar-refractivity contribution in [2.45, 2.75) is 11.8 Å². The molecule has 0 unspecified atom stereocenters. The second kappa shape index (κ2) is 4.50. The number of hydrogen-bond acceptors (Lipinski definition) is 5. The number of sulfonamides is 1.